The smallest absolute Gasteiger partial charge is 0.344 e. The van der Waals surface area contributed by atoms with Crippen molar-refractivity contribution in [2.45, 2.75) is 33.6 Å². The average Bonchev–Trinajstić information content (AvgIpc) is 2.96. The summed E-state index contributed by atoms with van der Waals surface area (Å²) in [6.45, 7) is 4.56. The van der Waals surface area contributed by atoms with Crippen LogP contribution in [0, 0.1) is 6.92 Å². The predicted octanol–water partition coefficient (Wildman–Crippen LogP) is 3.57. The molecule has 0 aliphatic heterocycles. The van der Waals surface area contributed by atoms with Crippen LogP contribution in [0.15, 0.2) is 34.7 Å². The summed E-state index contributed by atoms with van der Waals surface area (Å²) in [5.74, 6) is -1.74. The zero-order valence-corrected chi connectivity index (χ0v) is 15.5. The Kier molecular flexibility index (Phi) is 6.65. The Morgan fingerprint density at radius 1 is 1.04 bits per heavy atom. The molecule has 2 aromatic rings. The number of hydrogen-bond donors (Lipinski definition) is 1. The zero-order valence-electron chi connectivity index (χ0n) is 15.5. The van der Waals surface area contributed by atoms with Gasteiger partial charge < -0.3 is 9.15 Å². The van der Waals surface area contributed by atoms with Crippen LogP contribution in [0.4, 0.5) is 5.88 Å². The van der Waals surface area contributed by atoms with Gasteiger partial charge in [0.05, 0.1) is 12.2 Å². The van der Waals surface area contributed by atoms with Gasteiger partial charge in [-0.1, -0.05) is 30.3 Å². The molecular weight excluding hydrogens is 350 g/mol. The molecular formula is C20H21NO6. The van der Waals surface area contributed by atoms with Gasteiger partial charge in [-0.2, -0.15) is 0 Å². The highest BCUT2D eigenvalue weighted by Gasteiger charge is 2.28. The van der Waals surface area contributed by atoms with Crippen molar-refractivity contribution in [2.75, 3.05) is 11.9 Å². The molecule has 0 aliphatic rings. The highest BCUT2D eigenvalue weighted by atomic mass is 16.5. The Morgan fingerprint density at radius 2 is 1.70 bits per heavy atom. The number of Topliss-reactive ketones (excluding diaryl/α,β-unsaturated/α-hetero) is 2. The van der Waals surface area contributed by atoms with Gasteiger partial charge in [-0.3, -0.25) is 19.7 Å². The van der Waals surface area contributed by atoms with Crippen molar-refractivity contribution in [1.29, 1.82) is 0 Å². The van der Waals surface area contributed by atoms with Crippen molar-refractivity contribution < 1.29 is 28.3 Å². The summed E-state index contributed by atoms with van der Waals surface area (Å²) in [5.41, 5.74) is 0.485. The maximum Gasteiger partial charge on any atom is 0.344 e. The number of carbonyl (C=O) groups is 4. The molecule has 0 saturated carbocycles. The summed E-state index contributed by atoms with van der Waals surface area (Å²) in [5, 5.41) is 2.46. The number of carbonyl (C=O) groups excluding carboxylic acids is 4. The van der Waals surface area contributed by atoms with E-state index in [0.29, 0.717) is 5.56 Å². The minimum absolute atomic E-state index is 0.00381. The van der Waals surface area contributed by atoms with Crippen molar-refractivity contribution >= 4 is 29.3 Å². The normalized spacial score (nSPS) is 10.3. The van der Waals surface area contributed by atoms with Gasteiger partial charge in [0, 0.05) is 18.4 Å². The van der Waals surface area contributed by atoms with Crippen LogP contribution in [0.3, 0.4) is 0 Å². The van der Waals surface area contributed by atoms with Crippen LogP contribution in [0.2, 0.25) is 0 Å². The number of furan rings is 1. The van der Waals surface area contributed by atoms with Crippen molar-refractivity contribution in [1.82, 2.24) is 0 Å². The van der Waals surface area contributed by atoms with Gasteiger partial charge >= 0.3 is 5.97 Å². The first-order valence-electron chi connectivity index (χ1n) is 8.54. The molecule has 27 heavy (non-hydrogen) atoms. The largest absolute Gasteiger partial charge is 0.462 e. The molecule has 0 bridgehead atoms. The molecule has 1 aromatic heterocycles. The van der Waals surface area contributed by atoms with Crippen LogP contribution in [-0.2, 0) is 9.53 Å². The highest BCUT2D eigenvalue weighted by Crippen LogP contribution is 2.28. The van der Waals surface area contributed by atoms with E-state index < -0.39 is 11.9 Å². The molecule has 0 atom stereocenters. The molecule has 1 aromatic carbocycles. The number of rotatable bonds is 8. The fraction of sp³-hybridized carbons (Fsp3) is 0.300. The molecule has 142 valence electrons. The number of ether oxygens (including phenoxy) is 1. The average molecular weight is 371 g/mol. The molecule has 1 N–H and O–H groups in total. The molecule has 0 spiro atoms. The first-order valence-corrected chi connectivity index (χ1v) is 8.54. The van der Waals surface area contributed by atoms with Gasteiger partial charge in [0.1, 0.15) is 11.3 Å². The van der Waals surface area contributed by atoms with Gasteiger partial charge in [-0.15, -0.1) is 0 Å². The van der Waals surface area contributed by atoms with Crippen molar-refractivity contribution in [3.05, 3.63) is 52.8 Å². The minimum Gasteiger partial charge on any atom is -0.462 e. The van der Waals surface area contributed by atoms with Crippen LogP contribution in [0.25, 0.3) is 0 Å². The third-order valence-electron chi connectivity index (χ3n) is 3.84. The summed E-state index contributed by atoms with van der Waals surface area (Å²) >= 11 is 0. The van der Waals surface area contributed by atoms with E-state index in [2.05, 4.69) is 5.32 Å². The lowest BCUT2D eigenvalue weighted by Gasteiger charge is -2.06. The van der Waals surface area contributed by atoms with Crippen LogP contribution in [0.5, 0.6) is 0 Å². The van der Waals surface area contributed by atoms with Crippen LogP contribution in [-0.4, -0.2) is 30.0 Å². The molecule has 0 saturated heterocycles. The summed E-state index contributed by atoms with van der Waals surface area (Å²) in [6.07, 6.45) is -0.0883. The maximum atomic E-state index is 12.2. The molecule has 1 amide bonds. The maximum absolute atomic E-state index is 12.2. The molecule has 7 heteroatoms. The quantitative estimate of drug-likeness (QED) is 0.562. The first-order chi connectivity index (χ1) is 12.8. The van der Waals surface area contributed by atoms with Crippen molar-refractivity contribution in [3.63, 3.8) is 0 Å². The van der Waals surface area contributed by atoms with Crippen molar-refractivity contribution in [2.24, 2.45) is 0 Å². The summed E-state index contributed by atoms with van der Waals surface area (Å²) in [4.78, 5) is 48.3. The number of ketones is 2. The molecule has 0 aliphatic carbocycles. The number of amides is 1. The van der Waals surface area contributed by atoms with Gasteiger partial charge in [0.2, 0.25) is 11.8 Å². The number of benzene rings is 1. The van der Waals surface area contributed by atoms with Gasteiger partial charge in [0.15, 0.2) is 11.6 Å². The SMILES string of the molecule is CCOC(=O)c1c(NC(=O)CCC(=O)c2ccccc2)oc(C)c1C(C)=O. The third kappa shape index (κ3) is 4.91. The molecule has 7 nitrogen and oxygen atoms in total. The van der Waals surface area contributed by atoms with E-state index in [9.17, 15) is 19.2 Å². The second kappa shape index (κ2) is 8.93. The van der Waals surface area contributed by atoms with E-state index in [-0.39, 0.29) is 53.8 Å². The fourth-order valence-corrected chi connectivity index (χ4v) is 2.64. The molecule has 1 heterocycles. The molecule has 0 unspecified atom stereocenters. The van der Waals surface area contributed by atoms with Gasteiger partial charge in [0.25, 0.3) is 0 Å². The highest BCUT2D eigenvalue weighted by molar-refractivity contribution is 6.11. The van der Waals surface area contributed by atoms with E-state index in [0.717, 1.165) is 0 Å². The Balaban J connectivity index is 2.13. The number of anilines is 1. The third-order valence-corrected chi connectivity index (χ3v) is 3.84. The Bertz CT molecular complexity index is 866. The van der Waals surface area contributed by atoms with Crippen LogP contribution < -0.4 is 5.32 Å². The van der Waals surface area contributed by atoms with Gasteiger partial charge in [-0.25, -0.2) is 4.79 Å². The number of aryl methyl sites for hydroxylation is 1. The standard InChI is InChI=1S/C20H21NO6/c1-4-26-20(25)18-17(12(2)22)13(3)27-19(18)21-16(24)11-10-15(23)14-8-6-5-7-9-14/h5-9H,4,10-11H2,1-3H3,(H,21,24). The lowest BCUT2D eigenvalue weighted by molar-refractivity contribution is -0.116. The summed E-state index contributed by atoms with van der Waals surface area (Å²) in [6, 6.07) is 8.64. The number of nitrogens with one attached hydrogen (secondary N) is 1. The van der Waals surface area contributed by atoms with Crippen LogP contribution in [0.1, 0.15) is 63.5 Å². The van der Waals surface area contributed by atoms with E-state index in [1.807, 2.05) is 0 Å². The van der Waals surface area contributed by atoms with Crippen LogP contribution >= 0.6 is 0 Å². The topological polar surface area (TPSA) is 103 Å². The van der Waals surface area contributed by atoms with Crippen molar-refractivity contribution in [3.8, 4) is 0 Å². The second-order valence-corrected chi connectivity index (χ2v) is 5.85. The Morgan fingerprint density at radius 3 is 2.30 bits per heavy atom. The molecule has 2 rings (SSSR count). The summed E-state index contributed by atoms with van der Waals surface area (Å²) < 4.78 is 10.4. The Labute approximate surface area is 156 Å². The van der Waals surface area contributed by atoms with E-state index in [4.69, 9.17) is 9.15 Å². The minimum atomic E-state index is -0.754. The van der Waals surface area contributed by atoms with Gasteiger partial charge in [-0.05, 0) is 20.8 Å². The van der Waals surface area contributed by atoms with E-state index in [1.54, 1.807) is 37.3 Å². The number of hydrogen-bond acceptors (Lipinski definition) is 6. The molecule has 0 fully saturated rings. The molecule has 0 radical (unpaired) electrons. The Hall–Kier alpha value is -3.22. The fourth-order valence-electron chi connectivity index (χ4n) is 2.64. The first kappa shape index (κ1) is 20.1. The summed E-state index contributed by atoms with van der Waals surface area (Å²) in [7, 11) is 0. The lowest BCUT2D eigenvalue weighted by Crippen LogP contribution is -2.17. The monoisotopic (exact) mass is 371 g/mol. The van der Waals surface area contributed by atoms with E-state index in [1.165, 1.54) is 13.8 Å². The van der Waals surface area contributed by atoms with E-state index >= 15 is 0 Å². The second-order valence-electron chi connectivity index (χ2n) is 5.85. The number of esters is 1. The lowest BCUT2D eigenvalue weighted by atomic mass is 10.1. The predicted molar refractivity (Wildman–Crippen MR) is 98.0 cm³/mol. The zero-order chi connectivity index (χ0) is 20.0.